The quantitative estimate of drug-likeness (QED) is 0.756. The number of methoxy groups -OCH3 is 1. The fraction of sp³-hybridized carbons (Fsp3) is 0.588. The Morgan fingerprint density at radius 2 is 1.82 bits per heavy atom. The average Bonchev–Trinajstić information content (AvgIpc) is 2.49. The molecule has 0 saturated heterocycles. The first-order valence-corrected chi connectivity index (χ1v) is 7.58. The van der Waals surface area contributed by atoms with Gasteiger partial charge in [0.15, 0.2) is 0 Å². The molecule has 2 unspecified atom stereocenters. The minimum absolute atomic E-state index is 0.134. The number of para-hydroxylation sites is 1. The molecule has 2 atom stereocenters. The van der Waals surface area contributed by atoms with Crippen LogP contribution in [0.3, 0.4) is 0 Å². The number of amides is 2. The Bertz CT molecular complexity index is 483. The first kappa shape index (κ1) is 18.3. The second kappa shape index (κ2) is 8.03. The fourth-order valence-corrected chi connectivity index (χ4v) is 1.99. The van der Waals surface area contributed by atoms with E-state index < -0.39 is 6.10 Å². The number of rotatable bonds is 6. The van der Waals surface area contributed by atoms with Crippen LogP contribution in [-0.2, 0) is 0 Å². The monoisotopic (exact) mass is 308 g/mol. The number of ether oxygens (including phenoxy) is 1. The van der Waals surface area contributed by atoms with E-state index in [2.05, 4.69) is 10.6 Å². The molecule has 0 aliphatic rings. The number of aliphatic hydroxyl groups excluding tert-OH is 1. The molecule has 3 N–H and O–H groups in total. The summed E-state index contributed by atoms with van der Waals surface area (Å²) in [6, 6.07) is 7.50. The molecule has 0 fully saturated rings. The third kappa shape index (κ3) is 5.56. The van der Waals surface area contributed by atoms with Crippen LogP contribution in [-0.4, -0.2) is 37.4 Å². The molecule has 0 radical (unpaired) electrons. The van der Waals surface area contributed by atoms with E-state index in [1.807, 2.05) is 52.0 Å². The molecule has 0 heterocycles. The highest BCUT2D eigenvalue weighted by atomic mass is 16.5. The summed E-state index contributed by atoms with van der Waals surface area (Å²) in [5, 5.41) is 15.4. The molecule has 0 aliphatic heterocycles. The standard InChI is InChI=1S/C17H28N2O3/c1-12(13-8-6-7-9-14(13)22-5)10-18-16(21)19-11-15(20)17(2,3)4/h6-9,12,15,20H,10-11H2,1-5H3,(H2,18,19,21). The number of carbonyl (C=O) groups is 1. The zero-order valence-corrected chi connectivity index (χ0v) is 14.1. The van der Waals surface area contributed by atoms with Crippen LogP contribution in [0.5, 0.6) is 5.75 Å². The highest BCUT2D eigenvalue weighted by Crippen LogP contribution is 2.25. The summed E-state index contributed by atoms with van der Waals surface area (Å²) >= 11 is 0. The van der Waals surface area contributed by atoms with Gasteiger partial charge in [-0.1, -0.05) is 45.9 Å². The molecule has 5 nitrogen and oxygen atoms in total. The molecule has 0 aromatic heterocycles. The van der Waals surface area contributed by atoms with Crippen molar-refractivity contribution >= 4 is 6.03 Å². The molecule has 0 aliphatic carbocycles. The van der Waals surface area contributed by atoms with Crippen LogP contribution in [0, 0.1) is 5.41 Å². The van der Waals surface area contributed by atoms with Crippen molar-refractivity contribution in [3.63, 3.8) is 0 Å². The molecule has 5 heteroatoms. The van der Waals surface area contributed by atoms with Crippen LogP contribution < -0.4 is 15.4 Å². The average molecular weight is 308 g/mol. The summed E-state index contributed by atoms with van der Waals surface area (Å²) < 4.78 is 5.33. The summed E-state index contributed by atoms with van der Waals surface area (Å²) in [4.78, 5) is 11.8. The zero-order chi connectivity index (χ0) is 16.8. The Labute approximate surface area is 133 Å². The van der Waals surface area contributed by atoms with E-state index in [9.17, 15) is 9.90 Å². The van der Waals surface area contributed by atoms with Gasteiger partial charge in [0.25, 0.3) is 0 Å². The number of nitrogens with one attached hydrogen (secondary N) is 2. The molecular formula is C17H28N2O3. The number of hydrogen-bond acceptors (Lipinski definition) is 3. The smallest absolute Gasteiger partial charge is 0.314 e. The van der Waals surface area contributed by atoms with Crippen LogP contribution in [0.15, 0.2) is 24.3 Å². The molecule has 1 aromatic carbocycles. The first-order chi connectivity index (χ1) is 10.3. The molecule has 1 aromatic rings. The van der Waals surface area contributed by atoms with Gasteiger partial charge in [0.2, 0.25) is 0 Å². The van der Waals surface area contributed by atoms with Crippen molar-refractivity contribution in [3.8, 4) is 5.75 Å². The summed E-state index contributed by atoms with van der Waals surface area (Å²) in [6.07, 6.45) is -0.579. The van der Waals surface area contributed by atoms with Crippen LogP contribution in [0.4, 0.5) is 4.79 Å². The number of carbonyl (C=O) groups excluding carboxylic acids is 1. The van der Waals surface area contributed by atoms with Crippen molar-refractivity contribution in [2.75, 3.05) is 20.2 Å². The summed E-state index contributed by atoms with van der Waals surface area (Å²) in [5.74, 6) is 0.954. The maximum Gasteiger partial charge on any atom is 0.314 e. The van der Waals surface area contributed by atoms with Gasteiger partial charge in [-0.3, -0.25) is 0 Å². The minimum atomic E-state index is -0.579. The second-order valence-corrected chi connectivity index (χ2v) is 6.62. The minimum Gasteiger partial charge on any atom is -0.496 e. The van der Waals surface area contributed by atoms with Gasteiger partial charge in [-0.15, -0.1) is 0 Å². The van der Waals surface area contributed by atoms with Crippen molar-refractivity contribution in [1.29, 1.82) is 0 Å². The van der Waals surface area contributed by atoms with Crippen molar-refractivity contribution < 1.29 is 14.6 Å². The van der Waals surface area contributed by atoms with E-state index in [0.29, 0.717) is 6.54 Å². The molecule has 0 spiro atoms. The fourth-order valence-electron chi connectivity index (χ4n) is 1.99. The van der Waals surface area contributed by atoms with E-state index >= 15 is 0 Å². The highest BCUT2D eigenvalue weighted by molar-refractivity contribution is 5.73. The maximum absolute atomic E-state index is 11.8. The molecule has 124 valence electrons. The zero-order valence-electron chi connectivity index (χ0n) is 14.1. The summed E-state index contributed by atoms with van der Waals surface area (Å²) in [5.41, 5.74) is 0.804. The topological polar surface area (TPSA) is 70.6 Å². The Morgan fingerprint density at radius 3 is 2.41 bits per heavy atom. The predicted molar refractivity (Wildman–Crippen MR) is 88.3 cm³/mol. The summed E-state index contributed by atoms with van der Waals surface area (Å²) in [6.45, 7) is 8.56. The van der Waals surface area contributed by atoms with Gasteiger partial charge in [0.1, 0.15) is 5.75 Å². The Balaban J connectivity index is 2.44. The predicted octanol–water partition coefficient (Wildman–Crippen LogP) is 2.50. The lowest BCUT2D eigenvalue weighted by Crippen LogP contribution is -2.44. The van der Waals surface area contributed by atoms with Crippen molar-refractivity contribution in [2.24, 2.45) is 5.41 Å². The third-order valence-corrected chi connectivity index (χ3v) is 3.69. The Morgan fingerprint density at radius 1 is 1.23 bits per heavy atom. The van der Waals surface area contributed by atoms with Crippen LogP contribution in [0.2, 0.25) is 0 Å². The van der Waals surface area contributed by atoms with E-state index in [-0.39, 0.29) is 23.9 Å². The third-order valence-electron chi connectivity index (χ3n) is 3.69. The number of benzene rings is 1. The van der Waals surface area contributed by atoms with Crippen LogP contribution in [0.1, 0.15) is 39.2 Å². The number of hydrogen-bond donors (Lipinski definition) is 3. The van der Waals surface area contributed by atoms with Gasteiger partial charge in [-0.05, 0) is 17.0 Å². The normalized spacial score (nSPS) is 14.1. The molecule has 2 amide bonds. The Kier molecular flexibility index (Phi) is 6.68. The van der Waals surface area contributed by atoms with Crippen LogP contribution in [0.25, 0.3) is 0 Å². The summed E-state index contributed by atoms with van der Waals surface area (Å²) in [7, 11) is 1.64. The van der Waals surface area contributed by atoms with Gasteiger partial charge in [0.05, 0.1) is 13.2 Å². The van der Waals surface area contributed by atoms with E-state index in [0.717, 1.165) is 11.3 Å². The van der Waals surface area contributed by atoms with Gasteiger partial charge in [0, 0.05) is 19.0 Å². The lowest BCUT2D eigenvalue weighted by atomic mass is 9.89. The molecule has 22 heavy (non-hydrogen) atoms. The highest BCUT2D eigenvalue weighted by Gasteiger charge is 2.22. The second-order valence-electron chi connectivity index (χ2n) is 6.62. The van der Waals surface area contributed by atoms with Crippen LogP contribution >= 0.6 is 0 Å². The van der Waals surface area contributed by atoms with Gasteiger partial charge in [-0.25, -0.2) is 4.79 Å². The lowest BCUT2D eigenvalue weighted by Gasteiger charge is -2.26. The number of aliphatic hydroxyl groups is 1. The van der Waals surface area contributed by atoms with E-state index in [1.165, 1.54) is 0 Å². The van der Waals surface area contributed by atoms with Gasteiger partial charge < -0.3 is 20.5 Å². The largest absolute Gasteiger partial charge is 0.496 e. The van der Waals surface area contributed by atoms with Gasteiger partial charge in [-0.2, -0.15) is 0 Å². The first-order valence-electron chi connectivity index (χ1n) is 7.58. The van der Waals surface area contributed by atoms with Crippen molar-refractivity contribution in [3.05, 3.63) is 29.8 Å². The van der Waals surface area contributed by atoms with Gasteiger partial charge >= 0.3 is 6.03 Å². The van der Waals surface area contributed by atoms with Crippen molar-refractivity contribution in [1.82, 2.24) is 10.6 Å². The maximum atomic E-state index is 11.8. The lowest BCUT2D eigenvalue weighted by molar-refractivity contribution is 0.0650. The molecule has 0 saturated carbocycles. The molecular weight excluding hydrogens is 280 g/mol. The SMILES string of the molecule is COc1ccccc1C(C)CNC(=O)NCC(O)C(C)(C)C. The number of urea groups is 1. The molecule has 0 bridgehead atoms. The van der Waals surface area contributed by atoms with E-state index in [1.54, 1.807) is 7.11 Å². The Hall–Kier alpha value is -1.75. The molecule has 1 rings (SSSR count). The van der Waals surface area contributed by atoms with E-state index in [4.69, 9.17) is 4.74 Å². The van der Waals surface area contributed by atoms with Crippen molar-refractivity contribution in [2.45, 2.75) is 39.7 Å².